The Bertz CT molecular complexity index is 1280. The Morgan fingerprint density at radius 3 is 0.859 bits per heavy atom. The zero-order valence-electron chi connectivity index (χ0n) is 47.2. The van der Waals surface area contributed by atoms with Crippen molar-refractivity contribution in [2.45, 2.75) is 322 Å². The van der Waals surface area contributed by atoms with Crippen LogP contribution < -0.4 is 0 Å². The van der Waals surface area contributed by atoms with Crippen LogP contribution >= 0.6 is 0 Å². The van der Waals surface area contributed by atoms with Crippen LogP contribution in [0, 0.1) is 0 Å². The molecule has 0 aliphatic rings. The fourth-order valence-electron chi connectivity index (χ4n) is 8.94. The topological polar surface area (TPSA) is 78.9 Å². The smallest absolute Gasteiger partial charge is 0.306 e. The van der Waals surface area contributed by atoms with Gasteiger partial charge in [-0.25, -0.2) is 0 Å². The van der Waals surface area contributed by atoms with Gasteiger partial charge in [-0.2, -0.15) is 0 Å². The molecule has 0 radical (unpaired) electrons. The first-order valence-corrected chi connectivity index (χ1v) is 30.8. The monoisotopic (exact) mass is 993 g/mol. The third-order valence-corrected chi connectivity index (χ3v) is 13.5. The Morgan fingerprint density at radius 1 is 0.296 bits per heavy atom. The first-order valence-electron chi connectivity index (χ1n) is 30.8. The van der Waals surface area contributed by atoms with E-state index >= 15 is 0 Å². The van der Waals surface area contributed by atoms with Crippen LogP contribution in [0.25, 0.3) is 0 Å². The molecule has 0 heterocycles. The maximum atomic E-state index is 12.9. The molecule has 0 N–H and O–H groups in total. The van der Waals surface area contributed by atoms with Gasteiger partial charge in [-0.1, -0.05) is 293 Å². The molecule has 0 aliphatic carbocycles. The van der Waals surface area contributed by atoms with E-state index in [1.807, 2.05) is 0 Å². The number of carbonyl (C=O) groups is 3. The van der Waals surface area contributed by atoms with Gasteiger partial charge < -0.3 is 14.2 Å². The lowest BCUT2D eigenvalue weighted by Crippen LogP contribution is -2.30. The highest BCUT2D eigenvalue weighted by molar-refractivity contribution is 5.71. The highest BCUT2D eigenvalue weighted by atomic mass is 16.6. The minimum atomic E-state index is -0.773. The van der Waals surface area contributed by atoms with Crippen LogP contribution in [0.3, 0.4) is 0 Å². The molecule has 6 heteroatoms. The molecule has 412 valence electrons. The van der Waals surface area contributed by atoms with Gasteiger partial charge in [-0.3, -0.25) is 14.4 Å². The van der Waals surface area contributed by atoms with E-state index in [4.69, 9.17) is 14.2 Å². The van der Waals surface area contributed by atoms with E-state index in [1.165, 1.54) is 180 Å². The van der Waals surface area contributed by atoms with E-state index < -0.39 is 6.10 Å². The van der Waals surface area contributed by atoms with Gasteiger partial charge >= 0.3 is 17.9 Å². The number of esters is 3. The van der Waals surface area contributed by atoms with Gasteiger partial charge in [-0.05, 0) is 64.2 Å². The standard InChI is InChI=1S/C65H116O6/c1-4-7-10-13-16-19-22-24-26-28-29-30-31-32-33-34-35-37-38-40-43-46-49-52-55-58-64(67)70-61-62(60-69-63(66)57-54-51-48-45-42-21-18-15-12-9-6-3)71-65(68)59-56-53-50-47-44-41-39-36-27-25-23-20-17-14-11-8-5-2/h7,10,16,19,24,26,29-30,32-33,62H,4-6,8-9,11-15,17-18,20-23,25,27-28,31,34-61H2,1-3H3/b10-7-,19-16-,26-24-,30-29-,33-32-. The van der Waals surface area contributed by atoms with Gasteiger partial charge in [0.15, 0.2) is 6.10 Å². The van der Waals surface area contributed by atoms with Crippen LogP contribution in [0.15, 0.2) is 60.8 Å². The van der Waals surface area contributed by atoms with E-state index in [0.29, 0.717) is 19.3 Å². The van der Waals surface area contributed by atoms with Crippen LogP contribution in [0.1, 0.15) is 316 Å². The summed E-state index contributed by atoms with van der Waals surface area (Å²) in [7, 11) is 0. The lowest BCUT2D eigenvalue weighted by molar-refractivity contribution is -0.167. The average molecular weight is 994 g/mol. The Hall–Kier alpha value is -2.89. The zero-order chi connectivity index (χ0) is 51.4. The fourth-order valence-corrected chi connectivity index (χ4v) is 8.94. The van der Waals surface area contributed by atoms with Gasteiger partial charge in [0, 0.05) is 19.3 Å². The number of carbonyl (C=O) groups excluding carboxylic acids is 3. The summed E-state index contributed by atoms with van der Waals surface area (Å²) in [5.74, 6) is -0.861. The van der Waals surface area contributed by atoms with Crippen molar-refractivity contribution < 1.29 is 28.6 Å². The quantitative estimate of drug-likeness (QED) is 0.0261. The first kappa shape index (κ1) is 68.1. The van der Waals surface area contributed by atoms with Crippen LogP contribution in [-0.2, 0) is 28.6 Å². The Labute approximate surface area is 440 Å². The molecule has 71 heavy (non-hydrogen) atoms. The molecule has 0 fully saturated rings. The molecular formula is C65H116O6. The fraction of sp³-hybridized carbons (Fsp3) is 0.800. The van der Waals surface area contributed by atoms with E-state index in [2.05, 4.69) is 81.5 Å². The molecule has 0 spiro atoms. The third kappa shape index (κ3) is 57.9. The maximum Gasteiger partial charge on any atom is 0.306 e. The van der Waals surface area contributed by atoms with Crippen molar-refractivity contribution in [2.75, 3.05) is 13.2 Å². The van der Waals surface area contributed by atoms with E-state index in [1.54, 1.807) is 0 Å². The number of hydrogen-bond acceptors (Lipinski definition) is 6. The highest BCUT2D eigenvalue weighted by Crippen LogP contribution is 2.17. The van der Waals surface area contributed by atoms with Crippen molar-refractivity contribution in [1.29, 1.82) is 0 Å². The van der Waals surface area contributed by atoms with Crippen molar-refractivity contribution in [3.05, 3.63) is 60.8 Å². The molecule has 1 unspecified atom stereocenters. The summed E-state index contributed by atoms with van der Waals surface area (Å²) in [4.78, 5) is 38.2. The number of unbranched alkanes of at least 4 members (excludes halogenated alkanes) is 35. The normalized spacial score (nSPS) is 12.4. The van der Waals surface area contributed by atoms with Crippen molar-refractivity contribution in [3.63, 3.8) is 0 Å². The molecule has 0 aromatic heterocycles. The molecule has 0 aromatic rings. The van der Waals surface area contributed by atoms with Crippen molar-refractivity contribution in [1.82, 2.24) is 0 Å². The molecular weight excluding hydrogens is 877 g/mol. The summed E-state index contributed by atoms with van der Waals surface area (Å²) in [6.07, 6.45) is 75.1. The Morgan fingerprint density at radius 2 is 0.549 bits per heavy atom. The van der Waals surface area contributed by atoms with Crippen LogP contribution in [0.5, 0.6) is 0 Å². The maximum absolute atomic E-state index is 12.9. The molecule has 1 atom stereocenters. The SMILES string of the molecule is CC/C=C\C/C=C\C/C=C\C/C=C\C/C=C\CCCCCCCCCCCC(=O)OCC(COC(=O)CCCCCCCCCCCCC)OC(=O)CCCCCCCCCCCCCCCCCCC. The second kappa shape index (κ2) is 59.7. The van der Waals surface area contributed by atoms with Crippen LogP contribution in [0.4, 0.5) is 0 Å². The lowest BCUT2D eigenvalue weighted by Gasteiger charge is -2.18. The molecule has 0 saturated heterocycles. The van der Waals surface area contributed by atoms with Crippen molar-refractivity contribution >= 4 is 17.9 Å². The summed E-state index contributed by atoms with van der Waals surface area (Å²) in [6, 6.07) is 0. The lowest BCUT2D eigenvalue weighted by atomic mass is 10.0. The molecule has 0 amide bonds. The van der Waals surface area contributed by atoms with Crippen molar-refractivity contribution in [2.24, 2.45) is 0 Å². The summed E-state index contributed by atoms with van der Waals surface area (Å²) in [5, 5.41) is 0. The molecule has 0 bridgehead atoms. The number of allylic oxidation sites excluding steroid dienone is 10. The predicted octanol–water partition coefficient (Wildman–Crippen LogP) is 20.8. The Kier molecular flexibility index (Phi) is 57.2. The van der Waals surface area contributed by atoms with Gasteiger partial charge in [0.25, 0.3) is 0 Å². The summed E-state index contributed by atoms with van der Waals surface area (Å²) < 4.78 is 16.9. The second-order valence-corrected chi connectivity index (χ2v) is 20.6. The van der Waals surface area contributed by atoms with Crippen LogP contribution in [0.2, 0.25) is 0 Å². The zero-order valence-corrected chi connectivity index (χ0v) is 47.2. The minimum Gasteiger partial charge on any atom is -0.462 e. The molecule has 6 nitrogen and oxygen atoms in total. The largest absolute Gasteiger partial charge is 0.462 e. The first-order chi connectivity index (χ1) is 35.0. The van der Waals surface area contributed by atoms with Crippen LogP contribution in [-0.4, -0.2) is 37.2 Å². The van der Waals surface area contributed by atoms with E-state index in [0.717, 1.165) is 96.3 Å². The highest BCUT2D eigenvalue weighted by Gasteiger charge is 2.19. The van der Waals surface area contributed by atoms with Gasteiger partial charge in [0.1, 0.15) is 13.2 Å². The molecule has 0 rings (SSSR count). The third-order valence-electron chi connectivity index (χ3n) is 13.5. The minimum absolute atomic E-state index is 0.0711. The second-order valence-electron chi connectivity index (χ2n) is 20.6. The summed E-state index contributed by atoms with van der Waals surface area (Å²) in [5.41, 5.74) is 0. The number of hydrogen-bond donors (Lipinski definition) is 0. The number of ether oxygens (including phenoxy) is 3. The van der Waals surface area contributed by atoms with Gasteiger partial charge in [0.2, 0.25) is 0 Å². The summed E-state index contributed by atoms with van der Waals surface area (Å²) in [6.45, 7) is 6.56. The van der Waals surface area contributed by atoms with E-state index in [9.17, 15) is 14.4 Å². The predicted molar refractivity (Wildman–Crippen MR) is 307 cm³/mol. The average Bonchev–Trinajstić information content (AvgIpc) is 3.37. The van der Waals surface area contributed by atoms with Crippen molar-refractivity contribution in [3.8, 4) is 0 Å². The Balaban J connectivity index is 4.26. The van der Waals surface area contributed by atoms with E-state index in [-0.39, 0.29) is 31.1 Å². The number of rotatable bonds is 56. The molecule has 0 aliphatic heterocycles. The summed E-state index contributed by atoms with van der Waals surface area (Å²) >= 11 is 0. The molecule has 0 saturated carbocycles. The van der Waals surface area contributed by atoms with Gasteiger partial charge in [0.05, 0.1) is 0 Å². The molecule has 0 aromatic carbocycles. The van der Waals surface area contributed by atoms with Gasteiger partial charge in [-0.15, -0.1) is 0 Å².